The number of pyridine rings is 1. The van der Waals surface area contributed by atoms with Crippen molar-refractivity contribution in [1.29, 1.82) is 0 Å². The first kappa shape index (κ1) is 17.0. The van der Waals surface area contributed by atoms with Crippen molar-refractivity contribution in [2.45, 2.75) is 31.7 Å². The minimum Gasteiger partial charge on any atom is -0.489 e. The Labute approximate surface area is 158 Å². The van der Waals surface area contributed by atoms with E-state index in [0.717, 1.165) is 25.3 Å². The molecule has 3 aliphatic heterocycles. The number of hydrogen-bond acceptors (Lipinski definition) is 5. The SMILES string of the molecule is S=C(N/N=C1/CCOc2c(Cl)ccnc21)N1CCN2CCCCC2C1. The molecule has 6 nitrogen and oxygen atoms in total. The Balaban J connectivity index is 1.42. The average Bonchev–Trinajstić information content (AvgIpc) is 2.66. The lowest BCUT2D eigenvalue weighted by atomic mass is 10.00. The monoisotopic (exact) mass is 379 g/mol. The number of aromatic nitrogens is 1. The van der Waals surface area contributed by atoms with Gasteiger partial charge in [0.25, 0.3) is 0 Å². The molecule has 0 amide bonds. The largest absolute Gasteiger partial charge is 0.489 e. The van der Waals surface area contributed by atoms with Crippen LogP contribution in [0.5, 0.6) is 5.75 Å². The maximum atomic E-state index is 6.18. The minimum atomic E-state index is 0.548. The molecule has 8 heteroatoms. The first-order valence-electron chi connectivity index (χ1n) is 8.85. The molecule has 4 rings (SSSR count). The van der Waals surface area contributed by atoms with Crippen molar-refractivity contribution in [1.82, 2.24) is 20.2 Å². The fraction of sp³-hybridized carbons (Fsp3) is 0.588. The molecule has 1 atom stereocenters. The van der Waals surface area contributed by atoms with Gasteiger partial charge in [0.2, 0.25) is 0 Å². The standard InChI is InChI=1S/C17H22ClN5OS/c18-13-4-6-19-15-14(5-10-24-16(13)15)20-21-17(25)23-9-8-22-7-2-1-3-12(22)11-23/h4,6,12H,1-3,5,7-11H2,(H,21,25)/b20-14-. The number of thiocarbonyl (C=S) groups is 1. The van der Waals surface area contributed by atoms with E-state index in [0.29, 0.717) is 40.6 Å². The average molecular weight is 380 g/mol. The third-order valence-corrected chi connectivity index (χ3v) is 5.77. The van der Waals surface area contributed by atoms with Crippen molar-refractivity contribution in [3.05, 3.63) is 23.0 Å². The van der Waals surface area contributed by atoms with Gasteiger partial charge in [0, 0.05) is 38.3 Å². The highest BCUT2D eigenvalue weighted by Gasteiger charge is 2.30. The van der Waals surface area contributed by atoms with Crippen LogP contribution in [0.25, 0.3) is 0 Å². The normalized spacial score (nSPS) is 25.1. The first-order valence-corrected chi connectivity index (χ1v) is 9.64. The Kier molecular flexibility index (Phi) is 5.05. The van der Waals surface area contributed by atoms with E-state index in [2.05, 4.69) is 25.3 Å². The summed E-state index contributed by atoms with van der Waals surface area (Å²) in [5.41, 5.74) is 4.60. The Morgan fingerprint density at radius 2 is 2.28 bits per heavy atom. The number of piperidine rings is 1. The third kappa shape index (κ3) is 3.59. The van der Waals surface area contributed by atoms with E-state index in [1.807, 2.05) is 0 Å². The molecule has 0 radical (unpaired) electrons. The maximum Gasteiger partial charge on any atom is 0.189 e. The third-order valence-electron chi connectivity index (χ3n) is 5.13. The maximum absolute atomic E-state index is 6.18. The van der Waals surface area contributed by atoms with Crippen molar-refractivity contribution in [2.24, 2.45) is 5.10 Å². The van der Waals surface area contributed by atoms with Crippen LogP contribution in [0.2, 0.25) is 5.02 Å². The summed E-state index contributed by atoms with van der Waals surface area (Å²) in [5, 5.41) is 5.76. The van der Waals surface area contributed by atoms with Crippen molar-refractivity contribution >= 4 is 34.6 Å². The van der Waals surface area contributed by atoms with Gasteiger partial charge in [-0.15, -0.1) is 0 Å². The molecule has 0 bridgehead atoms. The topological polar surface area (TPSA) is 53.0 Å². The minimum absolute atomic E-state index is 0.548. The molecule has 0 aliphatic carbocycles. The van der Waals surface area contributed by atoms with Crippen LogP contribution in [0.1, 0.15) is 31.4 Å². The highest BCUT2D eigenvalue weighted by molar-refractivity contribution is 7.80. The zero-order valence-corrected chi connectivity index (χ0v) is 15.7. The number of hydrogen-bond donors (Lipinski definition) is 1. The first-order chi connectivity index (χ1) is 12.2. The Bertz CT molecular complexity index is 698. The highest BCUT2D eigenvalue weighted by Crippen LogP contribution is 2.30. The second kappa shape index (κ2) is 7.43. The highest BCUT2D eigenvalue weighted by atomic mass is 35.5. The van der Waals surface area contributed by atoms with Gasteiger partial charge in [0.15, 0.2) is 10.9 Å². The van der Waals surface area contributed by atoms with Gasteiger partial charge in [-0.25, -0.2) is 0 Å². The van der Waals surface area contributed by atoms with Crippen LogP contribution >= 0.6 is 23.8 Å². The Hall–Kier alpha value is -1.44. The molecule has 1 unspecified atom stereocenters. The van der Waals surface area contributed by atoms with E-state index < -0.39 is 0 Å². The van der Waals surface area contributed by atoms with E-state index in [1.165, 1.54) is 25.8 Å². The van der Waals surface area contributed by atoms with Gasteiger partial charge in [-0.3, -0.25) is 15.3 Å². The molecular formula is C17H22ClN5OS. The van der Waals surface area contributed by atoms with Crippen LogP contribution in [0.3, 0.4) is 0 Å². The molecule has 0 saturated carbocycles. The predicted octanol–water partition coefficient (Wildman–Crippen LogP) is 2.27. The van der Waals surface area contributed by atoms with Crippen LogP contribution in [0.4, 0.5) is 0 Å². The molecule has 1 aromatic rings. The molecule has 0 aromatic carbocycles. The van der Waals surface area contributed by atoms with E-state index in [-0.39, 0.29) is 0 Å². The fourth-order valence-corrected chi connectivity index (χ4v) is 4.18. The van der Waals surface area contributed by atoms with Crippen LogP contribution in [0.15, 0.2) is 17.4 Å². The Morgan fingerprint density at radius 1 is 1.36 bits per heavy atom. The molecule has 25 heavy (non-hydrogen) atoms. The zero-order chi connectivity index (χ0) is 17.2. The van der Waals surface area contributed by atoms with Crippen molar-refractivity contribution in [3.8, 4) is 5.75 Å². The van der Waals surface area contributed by atoms with E-state index in [9.17, 15) is 0 Å². The summed E-state index contributed by atoms with van der Waals surface area (Å²) in [5.74, 6) is 0.609. The van der Waals surface area contributed by atoms with Gasteiger partial charge < -0.3 is 9.64 Å². The number of ether oxygens (including phenoxy) is 1. The van der Waals surface area contributed by atoms with Crippen LogP contribution < -0.4 is 10.2 Å². The number of halogens is 1. The van der Waals surface area contributed by atoms with Crippen molar-refractivity contribution < 1.29 is 4.74 Å². The summed E-state index contributed by atoms with van der Waals surface area (Å²) >= 11 is 11.7. The van der Waals surface area contributed by atoms with Gasteiger partial charge >= 0.3 is 0 Å². The van der Waals surface area contributed by atoms with Gasteiger partial charge in [0.05, 0.1) is 17.3 Å². The van der Waals surface area contributed by atoms with E-state index in [1.54, 1.807) is 12.3 Å². The quantitative estimate of drug-likeness (QED) is 0.596. The number of fused-ring (bicyclic) bond motifs is 2. The molecule has 134 valence electrons. The van der Waals surface area contributed by atoms with Crippen LogP contribution in [-0.4, -0.2) is 64.4 Å². The summed E-state index contributed by atoms with van der Waals surface area (Å²) < 4.78 is 5.61. The molecule has 2 saturated heterocycles. The Morgan fingerprint density at radius 3 is 3.20 bits per heavy atom. The lowest BCUT2D eigenvalue weighted by Crippen LogP contribution is -2.57. The summed E-state index contributed by atoms with van der Waals surface area (Å²) in [7, 11) is 0. The second-order valence-electron chi connectivity index (χ2n) is 6.68. The lowest BCUT2D eigenvalue weighted by Gasteiger charge is -2.44. The number of nitrogens with one attached hydrogen (secondary N) is 1. The molecule has 3 aliphatic rings. The van der Waals surface area contributed by atoms with Crippen LogP contribution in [0, 0.1) is 0 Å². The van der Waals surface area contributed by atoms with E-state index >= 15 is 0 Å². The second-order valence-corrected chi connectivity index (χ2v) is 7.47. The molecule has 2 fully saturated rings. The zero-order valence-electron chi connectivity index (χ0n) is 14.1. The molecule has 4 heterocycles. The molecular weight excluding hydrogens is 358 g/mol. The fourth-order valence-electron chi connectivity index (χ4n) is 3.77. The van der Waals surface area contributed by atoms with E-state index in [4.69, 9.17) is 28.6 Å². The van der Waals surface area contributed by atoms with Gasteiger partial charge in [0.1, 0.15) is 5.69 Å². The number of nitrogens with zero attached hydrogens (tertiary/aromatic N) is 4. The van der Waals surface area contributed by atoms with Crippen molar-refractivity contribution in [3.63, 3.8) is 0 Å². The summed E-state index contributed by atoms with van der Waals surface area (Å²) in [6.07, 6.45) is 6.27. The van der Waals surface area contributed by atoms with Crippen molar-refractivity contribution in [2.75, 3.05) is 32.8 Å². The van der Waals surface area contributed by atoms with Crippen LogP contribution in [-0.2, 0) is 0 Å². The van der Waals surface area contributed by atoms with Gasteiger partial charge in [-0.05, 0) is 37.7 Å². The molecule has 0 spiro atoms. The number of piperazine rings is 1. The molecule has 1 N–H and O–H groups in total. The summed E-state index contributed by atoms with van der Waals surface area (Å²) in [6, 6.07) is 2.35. The summed E-state index contributed by atoms with van der Waals surface area (Å²) in [4.78, 5) is 9.19. The van der Waals surface area contributed by atoms with Gasteiger partial charge in [-0.2, -0.15) is 5.10 Å². The lowest BCUT2D eigenvalue weighted by molar-refractivity contribution is 0.0799. The summed E-state index contributed by atoms with van der Waals surface area (Å²) in [6.45, 7) is 4.80. The van der Waals surface area contributed by atoms with Gasteiger partial charge in [-0.1, -0.05) is 18.0 Å². The number of hydrazone groups is 1. The predicted molar refractivity (Wildman–Crippen MR) is 102 cm³/mol. The number of rotatable bonds is 1. The molecule has 1 aromatic heterocycles. The smallest absolute Gasteiger partial charge is 0.189 e.